The van der Waals surface area contributed by atoms with Crippen LogP contribution in [0.5, 0.6) is 5.75 Å². The van der Waals surface area contributed by atoms with Crippen molar-refractivity contribution in [1.82, 2.24) is 5.32 Å². The molecule has 0 bridgehead atoms. The van der Waals surface area contributed by atoms with E-state index in [-0.39, 0.29) is 23.4 Å². The molecule has 0 aromatic heterocycles. The Morgan fingerprint density at radius 2 is 1.85 bits per heavy atom. The molecule has 10 nitrogen and oxygen atoms in total. The molecule has 3 rings (SSSR count). The zero-order chi connectivity index (χ0) is 24.7. The maximum Gasteiger partial charge on any atom is 0.573 e. The Hall–Kier alpha value is -3.87. The van der Waals surface area contributed by atoms with Gasteiger partial charge in [-0.1, -0.05) is 18.2 Å². The minimum Gasteiger partial charge on any atom is -0.452 e. The van der Waals surface area contributed by atoms with Crippen LogP contribution >= 0.6 is 0 Å². The third-order valence-electron chi connectivity index (χ3n) is 4.77. The van der Waals surface area contributed by atoms with E-state index in [4.69, 9.17) is 9.47 Å². The van der Waals surface area contributed by atoms with Gasteiger partial charge in [-0.25, -0.2) is 4.79 Å². The second kappa shape index (κ2) is 10.8. The van der Waals surface area contributed by atoms with Crippen molar-refractivity contribution in [3.63, 3.8) is 0 Å². The molecule has 0 unspecified atom stereocenters. The van der Waals surface area contributed by atoms with E-state index in [0.717, 1.165) is 12.1 Å². The SMILES string of the molecule is O=C(COC(=O)c1cc([N+](=O)[O-])ccc1N1CCOCC1)NCc1ccccc1OC(F)(F)F. The van der Waals surface area contributed by atoms with Crippen LogP contribution in [0, 0.1) is 10.1 Å². The lowest BCUT2D eigenvalue weighted by atomic mass is 10.1. The van der Waals surface area contributed by atoms with Crippen molar-refractivity contribution in [3.05, 3.63) is 63.7 Å². The van der Waals surface area contributed by atoms with E-state index in [9.17, 15) is 32.9 Å². The highest BCUT2D eigenvalue weighted by Gasteiger charge is 2.32. The Morgan fingerprint density at radius 1 is 1.15 bits per heavy atom. The number of hydrogen-bond donors (Lipinski definition) is 1. The smallest absolute Gasteiger partial charge is 0.452 e. The monoisotopic (exact) mass is 483 g/mol. The van der Waals surface area contributed by atoms with Gasteiger partial charge in [0.05, 0.1) is 29.4 Å². The molecule has 0 aliphatic carbocycles. The van der Waals surface area contributed by atoms with Crippen LogP contribution in [0.4, 0.5) is 24.5 Å². The quantitative estimate of drug-likeness (QED) is 0.346. The van der Waals surface area contributed by atoms with Crippen LogP contribution in [0.25, 0.3) is 0 Å². The number of carbonyl (C=O) groups is 2. The summed E-state index contributed by atoms with van der Waals surface area (Å²) in [7, 11) is 0. The molecule has 1 aliphatic heterocycles. The van der Waals surface area contributed by atoms with Crippen LogP contribution < -0.4 is 15.0 Å². The van der Waals surface area contributed by atoms with Crippen LogP contribution in [0.2, 0.25) is 0 Å². The molecule has 182 valence electrons. The number of esters is 1. The van der Waals surface area contributed by atoms with Gasteiger partial charge in [-0.15, -0.1) is 13.2 Å². The number of halogens is 3. The maximum atomic E-state index is 12.6. The van der Waals surface area contributed by atoms with Gasteiger partial charge in [0.15, 0.2) is 6.61 Å². The summed E-state index contributed by atoms with van der Waals surface area (Å²) in [4.78, 5) is 37.1. The average molecular weight is 483 g/mol. The van der Waals surface area contributed by atoms with Gasteiger partial charge < -0.3 is 24.4 Å². The molecule has 1 amide bonds. The Labute approximate surface area is 191 Å². The average Bonchev–Trinajstić information content (AvgIpc) is 2.81. The molecule has 0 radical (unpaired) electrons. The van der Waals surface area contributed by atoms with E-state index in [1.165, 1.54) is 30.3 Å². The summed E-state index contributed by atoms with van der Waals surface area (Å²) < 4.78 is 51.8. The van der Waals surface area contributed by atoms with Gasteiger partial charge >= 0.3 is 12.3 Å². The summed E-state index contributed by atoms with van der Waals surface area (Å²) in [5.74, 6) is -2.21. The van der Waals surface area contributed by atoms with Crippen LogP contribution in [0.15, 0.2) is 42.5 Å². The second-order valence-corrected chi connectivity index (χ2v) is 7.07. The molecule has 1 N–H and O–H groups in total. The predicted octanol–water partition coefficient (Wildman–Crippen LogP) is 2.80. The molecule has 1 heterocycles. The highest BCUT2D eigenvalue weighted by Crippen LogP contribution is 2.28. The van der Waals surface area contributed by atoms with E-state index >= 15 is 0 Å². The number of para-hydroxylation sites is 1. The third-order valence-corrected chi connectivity index (χ3v) is 4.77. The number of rotatable bonds is 8. The van der Waals surface area contributed by atoms with Gasteiger partial charge in [-0.2, -0.15) is 0 Å². The Balaban J connectivity index is 1.64. The molecule has 34 heavy (non-hydrogen) atoms. The van der Waals surface area contributed by atoms with Crippen molar-refractivity contribution in [1.29, 1.82) is 0 Å². The largest absolute Gasteiger partial charge is 0.573 e. The molecule has 0 saturated carbocycles. The number of non-ortho nitro benzene ring substituents is 1. The second-order valence-electron chi connectivity index (χ2n) is 7.07. The summed E-state index contributed by atoms with van der Waals surface area (Å²) >= 11 is 0. The molecule has 13 heteroatoms. The first-order chi connectivity index (χ1) is 16.1. The number of ether oxygens (including phenoxy) is 3. The Bertz CT molecular complexity index is 1060. The number of nitrogens with zero attached hydrogens (tertiary/aromatic N) is 2. The fraction of sp³-hybridized carbons (Fsp3) is 0.333. The number of amides is 1. The zero-order valence-electron chi connectivity index (χ0n) is 17.7. The van der Waals surface area contributed by atoms with Crippen LogP contribution in [-0.4, -0.2) is 56.1 Å². The minimum atomic E-state index is -4.90. The van der Waals surface area contributed by atoms with Crippen molar-refractivity contribution in [2.75, 3.05) is 37.8 Å². The lowest BCUT2D eigenvalue weighted by Crippen LogP contribution is -2.37. The van der Waals surface area contributed by atoms with Gasteiger partial charge in [-0.05, 0) is 12.1 Å². The summed E-state index contributed by atoms with van der Waals surface area (Å²) in [5.41, 5.74) is 0.0489. The molecular formula is C21H20F3N3O7. The molecule has 1 fully saturated rings. The molecule has 0 atom stereocenters. The van der Waals surface area contributed by atoms with Crippen molar-refractivity contribution in [2.45, 2.75) is 12.9 Å². The van der Waals surface area contributed by atoms with E-state index in [1.54, 1.807) is 0 Å². The van der Waals surface area contributed by atoms with Gasteiger partial charge in [0.1, 0.15) is 5.75 Å². The van der Waals surface area contributed by atoms with Gasteiger partial charge in [0.25, 0.3) is 11.6 Å². The van der Waals surface area contributed by atoms with Crippen molar-refractivity contribution >= 4 is 23.3 Å². The Kier molecular flexibility index (Phi) is 7.89. The van der Waals surface area contributed by atoms with E-state index in [0.29, 0.717) is 32.0 Å². The van der Waals surface area contributed by atoms with Crippen molar-refractivity contribution < 1.29 is 41.9 Å². The predicted molar refractivity (Wildman–Crippen MR) is 111 cm³/mol. The molecule has 2 aromatic rings. The first kappa shape index (κ1) is 24.8. The number of benzene rings is 2. The highest BCUT2D eigenvalue weighted by atomic mass is 19.4. The lowest BCUT2D eigenvalue weighted by molar-refractivity contribution is -0.384. The number of alkyl halides is 3. The lowest BCUT2D eigenvalue weighted by Gasteiger charge is -2.30. The molecular weight excluding hydrogens is 463 g/mol. The van der Waals surface area contributed by atoms with Crippen molar-refractivity contribution in [3.8, 4) is 5.75 Å². The van der Waals surface area contributed by atoms with Gasteiger partial charge in [0.2, 0.25) is 0 Å². The van der Waals surface area contributed by atoms with E-state index < -0.39 is 35.5 Å². The molecule has 1 saturated heterocycles. The number of nitro groups is 1. The number of nitrogens with one attached hydrogen (secondary N) is 1. The number of morpholine rings is 1. The molecule has 2 aromatic carbocycles. The first-order valence-corrected chi connectivity index (χ1v) is 10.0. The Morgan fingerprint density at radius 3 is 2.53 bits per heavy atom. The fourth-order valence-corrected chi connectivity index (χ4v) is 3.21. The number of nitro benzene ring substituents is 1. The number of hydrogen-bond acceptors (Lipinski definition) is 8. The van der Waals surface area contributed by atoms with E-state index in [2.05, 4.69) is 10.1 Å². The highest BCUT2D eigenvalue weighted by molar-refractivity contribution is 5.97. The first-order valence-electron chi connectivity index (χ1n) is 10.0. The van der Waals surface area contributed by atoms with Gasteiger partial charge in [0, 0.05) is 37.3 Å². The van der Waals surface area contributed by atoms with E-state index in [1.807, 2.05) is 4.90 Å². The van der Waals surface area contributed by atoms with Gasteiger partial charge in [-0.3, -0.25) is 14.9 Å². The summed E-state index contributed by atoms with van der Waals surface area (Å²) in [5, 5.41) is 13.5. The van der Waals surface area contributed by atoms with Crippen LogP contribution in [0.1, 0.15) is 15.9 Å². The minimum absolute atomic E-state index is 0.0628. The summed E-state index contributed by atoms with van der Waals surface area (Å²) in [6.07, 6.45) is -4.90. The summed E-state index contributed by atoms with van der Waals surface area (Å²) in [6, 6.07) is 9.01. The standard InChI is InChI=1S/C21H20F3N3O7/c22-21(23,24)34-18-4-2-1-3-14(18)12-25-19(28)13-33-20(29)16-11-15(27(30)31)5-6-17(16)26-7-9-32-10-8-26/h1-6,11H,7-10,12-13H2,(H,25,28). The summed E-state index contributed by atoms with van der Waals surface area (Å²) in [6.45, 7) is 0.682. The zero-order valence-corrected chi connectivity index (χ0v) is 17.7. The molecule has 0 spiro atoms. The molecule has 1 aliphatic rings. The fourth-order valence-electron chi connectivity index (χ4n) is 3.21. The normalized spacial score (nSPS) is 13.8. The number of anilines is 1. The van der Waals surface area contributed by atoms with Crippen LogP contribution in [-0.2, 0) is 20.8 Å². The number of carbonyl (C=O) groups excluding carboxylic acids is 2. The van der Waals surface area contributed by atoms with Crippen LogP contribution in [0.3, 0.4) is 0 Å². The maximum absolute atomic E-state index is 12.6. The third kappa shape index (κ3) is 6.81. The topological polar surface area (TPSA) is 120 Å². The van der Waals surface area contributed by atoms with Crippen molar-refractivity contribution in [2.24, 2.45) is 0 Å².